The monoisotopic (exact) mass is 409 g/mol. The topological polar surface area (TPSA) is 80.3 Å². The molecule has 29 heavy (non-hydrogen) atoms. The Morgan fingerprint density at radius 2 is 1.79 bits per heavy atom. The highest BCUT2D eigenvalue weighted by Crippen LogP contribution is 2.22. The van der Waals surface area contributed by atoms with Crippen molar-refractivity contribution in [3.05, 3.63) is 24.3 Å². The van der Waals surface area contributed by atoms with Gasteiger partial charge in [0.05, 0.1) is 31.5 Å². The first-order chi connectivity index (χ1) is 13.5. The van der Waals surface area contributed by atoms with Crippen LogP contribution in [-0.4, -0.2) is 85.2 Å². The van der Waals surface area contributed by atoms with E-state index >= 15 is 0 Å². The third-order valence-corrected chi connectivity index (χ3v) is 4.77. The molecule has 0 unspecified atom stereocenters. The zero-order valence-corrected chi connectivity index (χ0v) is 18.3. The smallest absolute Gasteiger partial charge is 0.410 e. The van der Waals surface area contributed by atoms with Gasteiger partial charge in [0, 0.05) is 26.2 Å². The lowest BCUT2D eigenvalue weighted by molar-refractivity contribution is -0.0544. The van der Waals surface area contributed by atoms with Crippen LogP contribution in [0.3, 0.4) is 0 Å². The highest BCUT2D eigenvalue weighted by atomic mass is 16.6. The van der Waals surface area contributed by atoms with E-state index in [9.17, 15) is 9.59 Å². The average Bonchev–Trinajstić information content (AvgIpc) is 2.63. The van der Waals surface area contributed by atoms with Crippen molar-refractivity contribution in [1.29, 1.82) is 0 Å². The van der Waals surface area contributed by atoms with Crippen LogP contribution in [0.2, 0.25) is 0 Å². The molecule has 2 saturated heterocycles. The molecule has 2 rings (SSSR count). The molecule has 2 heterocycles. The first-order valence-electron chi connectivity index (χ1n) is 10.1. The molecular weight excluding hydrogens is 374 g/mol. The summed E-state index contributed by atoms with van der Waals surface area (Å²) in [6.07, 6.45) is -0.394. The molecule has 0 spiro atoms. The molecule has 1 N–H and O–H groups in total. The standard InChI is InChI=1S/C21H35N3O5/c1-14(10-22-19(25)23-11-15(2)28-16(3)12-23)17(4)18-13-27-9-8-24(18)20(26)29-21(5,6)7/h15-16,18H,1,4,8-13H2,2-3,5-7H3,(H,22,25)/t15-,16-,18+/m1/s1. The zero-order valence-electron chi connectivity index (χ0n) is 18.3. The van der Waals surface area contributed by atoms with Gasteiger partial charge in [-0.15, -0.1) is 0 Å². The van der Waals surface area contributed by atoms with E-state index in [0.29, 0.717) is 44.0 Å². The maximum Gasteiger partial charge on any atom is 0.410 e. The van der Waals surface area contributed by atoms with Crippen LogP contribution in [0.15, 0.2) is 24.3 Å². The van der Waals surface area contributed by atoms with Gasteiger partial charge in [0.1, 0.15) is 5.60 Å². The molecule has 0 saturated carbocycles. The van der Waals surface area contributed by atoms with Gasteiger partial charge in [0.2, 0.25) is 0 Å². The number of ether oxygens (including phenoxy) is 3. The second-order valence-corrected chi connectivity index (χ2v) is 8.71. The Hall–Kier alpha value is -2.06. The van der Waals surface area contributed by atoms with Crippen molar-refractivity contribution in [2.75, 3.05) is 39.4 Å². The number of urea groups is 1. The minimum Gasteiger partial charge on any atom is -0.444 e. The number of amides is 3. The van der Waals surface area contributed by atoms with E-state index in [-0.39, 0.29) is 30.8 Å². The van der Waals surface area contributed by atoms with Crippen molar-refractivity contribution in [2.24, 2.45) is 0 Å². The van der Waals surface area contributed by atoms with Crippen LogP contribution in [0, 0.1) is 0 Å². The van der Waals surface area contributed by atoms with Gasteiger partial charge in [0.15, 0.2) is 0 Å². The van der Waals surface area contributed by atoms with Gasteiger partial charge in [-0.3, -0.25) is 4.90 Å². The number of carbonyl (C=O) groups excluding carboxylic acids is 2. The number of hydrogen-bond acceptors (Lipinski definition) is 5. The molecule has 8 nitrogen and oxygen atoms in total. The third kappa shape index (κ3) is 6.75. The normalized spacial score (nSPS) is 25.3. The van der Waals surface area contributed by atoms with E-state index in [0.717, 1.165) is 0 Å². The molecule has 0 radical (unpaired) electrons. The molecule has 2 aliphatic heterocycles. The summed E-state index contributed by atoms with van der Waals surface area (Å²) in [7, 11) is 0. The summed E-state index contributed by atoms with van der Waals surface area (Å²) in [6, 6.07) is -0.531. The van der Waals surface area contributed by atoms with E-state index in [1.54, 1.807) is 9.80 Å². The summed E-state index contributed by atoms with van der Waals surface area (Å²) in [6.45, 7) is 20.1. The van der Waals surface area contributed by atoms with E-state index in [4.69, 9.17) is 14.2 Å². The lowest BCUT2D eigenvalue weighted by atomic mass is 10.00. The molecule has 0 aromatic rings. The Bertz CT molecular complexity index is 633. The predicted molar refractivity (Wildman–Crippen MR) is 111 cm³/mol. The van der Waals surface area contributed by atoms with Crippen LogP contribution in [-0.2, 0) is 14.2 Å². The van der Waals surface area contributed by atoms with Crippen LogP contribution >= 0.6 is 0 Å². The molecule has 0 aromatic heterocycles. The molecular formula is C21H35N3O5. The van der Waals surface area contributed by atoms with Crippen LogP contribution in [0.5, 0.6) is 0 Å². The largest absolute Gasteiger partial charge is 0.444 e. The van der Waals surface area contributed by atoms with Crippen molar-refractivity contribution in [2.45, 2.75) is 58.5 Å². The number of hydrogen-bond donors (Lipinski definition) is 1. The molecule has 3 amide bonds. The van der Waals surface area contributed by atoms with Gasteiger partial charge in [-0.05, 0) is 45.8 Å². The minimum atomic E-state index is -0.585. The van der Waals surface area contributed by atoms with Gasteiger partial charge >= 0.3 is 12.1 Å². The van der Waals surface area contributed by atoms with Crippen molar-refractivity contribution >= 4 is 12.1 Å². The Kier molecular flexibility index (Phi) is 7.71. The van der Waals surface area contributed by atoms with Gasteiger partial charge in [-0.25, -0.2) is 9.59 Å². The Morgan fingerprint density at radius 3 is 2.38 bits per heavy atom. The summed E-state index contributed by atoms with van der Waals surface area (Å²) in [4.78, 5) is 28.4. The van der Waals surface area contributed by atoms with E-state index in [1.165, 1.54) is 0 Å². The Morgan fingerprint density at radius 1 is 1.17 bits per heavy atom. The van der Waals surface area contributed by atoms with Crippen LogP contribution in [0.25, 0.3) is 0 Å². The van der Waals surface area contributed by atoms with Crippen molar-refractivity contribution < 1.29 is 23.8 Å². The highest BCUT2D eigenvalue weighted by molar-refractivity contribution is 5.75. The Labute approximate surface area is 173 Å². The third-order valence-electron chi connectivity index (χ3n) is 4.77. The van der Waals surface area contributed by atoms with E-state index < -0.39 is 11.7 Å². The van der Waals surface area contributed by atoms with Crippen LogP contribution < -0.4 is 5.32 Å². The summed E-state index contributed by atoms with van der Waals surface area (Å²) in [5.41, 5.74) is 0.718. The lowest BCUT2D eigenvalue weighted by Crippen LogP contribution is -2.53. The van der Waals surface area contributed by atoms with Gasteiger partial charge in [0.25, 0.3) is 0 Å². The fraction of sp³-hybridized carbons (Fsp3) is 0.714. The fourth-order valence-electron chi connectivity index (χ4n) is 3.42. The molecule has 0 aliphatic carbocycles. The zero-order chi connectivity index (χ0) is 21.8. The maximum absolute atomic E-state index is 12.6. The maximum atomic E-state index is 12.6. The highest BCUT2D eigenvalue weighted by Gasteiger charge is 2.33. The molecule has 2 fully saturated rings. The van der Waals surface area contributed by atoms with Crippen LogP contribution in [0.1, 0.15) is 34.6 Å². The van der Waals surface area contributed by atoms with E-state index in [2.05, 4.69) is 18.5 Å². The number of carbonyl (C=O) groups is 2. The first kappa shape index (κ1) is 23.2. The number of nitrogens with one attached hydrogen (secondary N) is 1. The SMILES string of the molecule is C=C(CNC(=O)N1C[C@@H](C)O[C@H](C)C1)C(=C)[C@@H]1COCCN1C(=O)OC(C)(C)C. The first-order valence-corrected chi connectivity index (χ1v) is 10.1. The number of rotatable bonds is 4. The van der Waals surface area contributed by atoms with E-state index in [1.807, 2.05) is 34.6 Å². The summed E-state index contributed by atoms with van der Waals surface area (Å²) >= 11 is 0. The van der Waals surface area contributed by atoms with Crippen molar-refractivity contribution in [3.63, 3.8) is 0 Å². The minimum absolute atomic E-state index is 0.00411. The van der Waals surface area contributed by atoms with Gasteiger partial charge in [-0.1, -0.05) is 13.2 Å². The molecule has 2 aliphatic rings. The number of nitrogens with zero attached hydrogens (tertiary/aromatic N) is 2. The quantitative estimate of drug-likeness (QED) is 0.722. The fourth-order valence-corrected chi connectivity index (χ4v) is 3.42. The second-order valence-electron chi connectivity index (χ2n) is 8.71. The van der Waals surface area contributed by atoms with Gasteiger partial charge < -0.3 is 24.4 Å². The number of morpholine rings is 2. The van der Waals surface area contributed by atoms with Crippen LogP contribution in [0.4, 0.5) is 9.59 Å². The van der Waals surface area contributed by atoms with Gasteiger partial charge in [-0.2, -0.15) is 0 Å². The average molecular weight is 410 g/mol. The van der Waals surface area contributed by atoms with Crippen molar-refractivity contribution in [3.8, 4) is 0 Å². The molecule has 0 aromatic carbocycles. The lowest BCUT2D eigenvalue weighted by Gasteiger charge is -2.38. The molecule has 8 heteroatoms. The summed E-state index contributed by atoms with van der Waals surface area (Å²) in [5, 5.41) is 2.89. The molecule has 0 bridgehead atoms. The second kappa shape index (κ2) is 9.63. The van der Waals surface area contributed by atoms with Crippen molar-refractivity contribution in [1.82, 2.24) is 15.1 Å². The molecule has 3 atom stereocenters. The Balaban J connectivity index is 1.92. The predicted octanol–water partition coefficient (Wildman–Crippen LogP) is 2.55. The summed E-state index contributed by atoms with van der Waals surface area (Å²) < 4.78 is 16.7. The summed E-state index contributed by atoms with van der Waals surface area (Å²) in [5.74, 6) is 0. The molecule has 164 valence electrons.